The van der Waals surface area contributed by atoms with Gasteiger partial charge in [-0.05, 0) is 30.4 Å². The highest BCUT2D eigenvalue weighted by atomic mass is 32.2. The second kappa shape index (κ2) is 4.52. The number of thioether (sulfide) groups is 1. The highest BCUT2D eigenvalue weighted by molar-refractivity contribution is 7.99. The van der Waals surface area contributed by atoms with Crippen molar-refractivity contribution in [3.63, 3.8) is 0 Å². The van der Waals surface area contributed by atoms with Crippen molar-refractivity contribution < 1.29 is 9.42 Å². The molecule has 0 radical (unpaired) electrons. The minimum Gasteiger partial charge on any atom is -0.379 e. The molecule has 1 aromatic heterocycles. The van der Waals surface area contributed by atoms with Gasteiger partial charge < -0.3 is 11.1 Å². The summed E-state index contributed by atoms with van der Waals surface area (Å²) < 4.78 is 4.31. The quantitative estimate of drug-likeness (QED) is 0.783. The van der Waals surface area contributed by atoms with Gasteiger partial charge in [0.2, 0.25) is 11.5 Å². The molecular weight excluding hydrogens is 216 g/mol. The van der Waals surface area contributed by atoms with E-state index in [2.05, 4.69) is 20.3 Å². The molecule has 15 heavy (non-hydrogen) atoms. The van der Waals surface area contributed by atoms with Gasteiger partial charge in [0.1, 0.15) is 0 Å². The molecule has 6 nitrogen and oxygen atoms in total. The molecule has 0 fully saturated rings. The summed E-state index contributed by atoms with van der Waals surface area (Å²) in [7, 11) is 0. The Morgan fingerprint density at radius 3 is 2.73 bits per heavy atom. The fraction of sp³-hybridized carbons (Fsp3) is 0.625. The lowest BCUT2D eigenvalue weighted by Gasteiger charge is -2.21. The third-order valence-electron chi connectivity index (χ3n) is 1.96. The number of hydrogen-bond donors (Lipinski definition) is 2. The van der Waals surface area contributed by atoms with E-state index in [1.165, 1.54) is 0 Å². The number of nitrogens with one attached hydrogen (secondary N) is 1. The number of nitrogens with two attached hydrogens (primary N) is 1. The molecule has 0 aliphatic rings. The van der Waals surface area contributed by atoms with E-state index in [1.807, 2.05) is 20.1 Å². The third-order valence-corrected chi connectivity index (χ3v) is 3.21. The molecule has 0 bridgehead atoms. The van der Waals surface area contributed by atoms with Crippen LogP contribution in [0.15, 0.2) is 4.63 Å². The highest BCUT2D eigenvalue weighted by Crippen LogP contribution is 2.19. The number of nitrogen functional groups attached to an aromatic ring is 1. The van der Waals surface area contributed by atoms with Gasteiger partial charge in [-0.15, -0.1) is 0 Å². The molecule has 3 N–H and O–H groups in total. The van der Waals surface area contributed by atoms with Crippen LogP contribution >= 0.6 is 11.8 Å². The fourth-order valence-corrected chi connectivity index (χ4v) is 1.02. The van der Waals surface area contributed by atoms with Crippen molar-refractivity contribution in [1.82, 2.24) is 15.6 Å². The van der Waals surface area contributed by atoms with Gasteiger partial charge in [0.15, 0.2) is 0 Å². The molecule has 0 spiro atoms. The molecule has 1 aromatic rings. The molecule has 0 aromatic carbocycles. The second-order valence-corrected chi connectivity index (χ2v) is 5.16. The number of nitrogens with zero attached hydrogens (tertiary/aromatic N) is 2. The van der Waals surface area contributed by atoms with E-state index in [1.54, 1.807) is 11.8 Å². The molecule has 84 valence electrons. The monoisotopic (exact) mass is 230 g/mol. The summed E-state index contributed by atoms with van der Waals surface area (Å²) >= 11 is 1.67. The first-order chi connectivity index (χ1) is 6.96. The van der Waals surface area contributed by atoms with E-state index >= 15 is 0 Å². The molecule has 7 heteroatoms. The Morgan fingerprint density at radius 1 is 1.60 bits per heavy atom. The lowest BCUT2D eigenvalue weighted by atomic mass is 10.2. The minimum atomic E-state index is -0.365. The predicted octanol–water partition coefficient (Wildman–Crippen LogP) is 0.523. The van der Waals surface area contributed by atoms with Crippen LogP contribution in [0, 0.1) is 0 Å². The first-order valence-corrected chi connectivity index (χ1v) is 5.60. The van der Waals surface area contributed by atoms with Crippen LogP contribution in [0.4, 0.5) is 5.82 Å². The SMILES string of the molecule is CSC(C)(C)CNC(=O)c1nonc1N. The fourth-order valence-electron chi connectivity index (χ4n) is 0.802. The normalized spacial score (nSPS) is 11.4. The van der Waals surface area contributed by atoms with Crippen LogP contribution < -0.4 is 11.1 Å². The van der Waals surface area contributed by atoms with Crippen molar-refractivity contribution >= 4 is 23.5 Å². The Balaban J connectivity index is 2.55. The van der Waals surface area contributed by atoms with Gasteiger partial charge in [0.25, 0.3) is 5.91 Å². The molecule has 0 saturated heterocycles. The van der Waals surface area contributed by atoms with Crippen LogP contribution in [0.5, 0.6) is 0 Å². The van der Waals surface area contributed by atoms with Crippen LogP contribution in [0.3, 0.4) is 0 Å². The molecule has 0 unspecified atom stereocenters. The summed E-state index contributed by atoms with van der Waals surface area (Å²) in [6.07, 6.45) is 1.98. The van der Waals surface area contributed by atoms with E-state index in [0.29, 0.717) is 6.54 Å². The average Bonchev–Trinajstić information content (AvgIpc) is 2.61. The van der Waals surface area contributed by atoms with Gasteiger partial charge in [-0.3, -0.25) is 4.79 Å². The van der Waals surface area contributed by atoms with Gasteiger partial charge in [0, 0.05) is 11.3 Å². The van der Waals surface area contributed by atoms with E-state index in [4.69, 9.17) is 5.73 Å². The van der Waals surface area contributed by atoms with E-state index in [-0.39, 0.29) is 22.2 Å². The van der Waals surface area contributed by atoms with Crippen LogP contribution in [0.25, 0.3) is 0 Å². The molecule has 1 heterocycles. The highest BCUT2D eigenvalue weighted by Gasteiger charge is 2.20. The largest absolute Gasteiger partial charge is 0.379 e. The zero-order valence-electron chi connectivity index (χ0n) is 8.90. The molecular formula is C8H14N4O2S. The average molecular weight is 230 g/mol. The second-order valence-electron chi connectivity index (χ2n) is 3.64. The number of anilines is 1. The summed E-state index contributed by atoms with van der Waals surface area (Å²) in [6, 6.07) is 0. The van der Waals surface area contributed by atoms with Crippen molar-refractivity contribution in [2.75, 3.05) is 18.5 Å². The molecule has 0 aliphatic carbocycles. The zero-order chi connectivity index (χ0) is 11.5. The lowest BCUT2D eigenvalue weighted by molar-refractivity contribution is 0.0941. The smallest absolute Gasteiger partial charge is 0.277 e. The molecule has 0 aliphatic heterocycles. The number of hydrogen-bond acceptors (Lipinski definition) is 6. The van der Waals surface area contributed by atoms with Crippen LogP contribution in [0.1, 0.15) is 24.3 Å². The number of carbonyl (C=O) groups excluding carboxylic acids is 1. The van der Waals surface area contributed by atoms with Crippen molar-refractivity contribution in [2.24, 2.45) is 0 Å². The summed E-state index contributed by atoms with van der Waals surface area (Å²) in [5.41, 5.74) is 5.41. The first-order valence-electron chi connectivity index (χ1n) is 4.37. The maximum atomic E-state index is 11.5. The number of aromatic nitrogens is 2. The third kappa shape index (κ3) is 3.12. The zero-order valence-corrected chi connectivity index (χ0v) is 9.72. The minimum absolute atomic E-state index is 0.00876. The standard InChI is InChI=1S/C8H14N4O2S/c1-8(2,15-3)4-10-7(13)5-6(9)12-14-11-5/h4H2,1-3H3,(H2,9,12)(H,10,13). The maximum Gasteiger partial charge on any atom is 0.277 e. The van der Waals surface area contributed by atoms with Crippen LogP contribution in [-0.2, 0) is 0 Å². The lowest BCUT2D eigenvalue weighted by Crippen LogP contribution is -2.36. The first kappa shape index (κ1) is 11.8. The summed E-state index contributed by atoms with van der Waals surface area (Å²) in [5, 5.41) is 9.45. The Kier molecular flexibility index (Phi) is 3.57. The van der Waals surface area contributed by atoms with Crippen LogP contribution in [0.2, 0.25) is 0 Å². The van der Waals surface area contributed by atoms with E-state index < -0.39 is 0 Å². The van der Waals surface area contributed by atoms with E-state index in [0.717, 1.165) is 0 Å². The van der Waals surface area contributed by atoms with Gasteiger partial charge in [0.05, 0.1) is 0 Å². The molecule has 0 saturated carbocycles. The van der Waals surface area contributed by atoms with Gasteiger partial charge in [-0.25, -0.2) is 4.63 Å². The van der Waals surface area contributed by atoms with Gasteiger partial charge >= 0.3 is 0 Å². The van der Waals surface area contributed by atoms with Crippen LogP contribution in [-0.4, -0.2) is 33.8 Å². The van der Waals surface area contributed by atoms with Gasteiger partial charge in [-0.2, -0.15) is 11.8 Å². The van der Waals surface area contributed by atoms with Crippen molar-refractivity contribution in [1.29, 1.82) is 0 Å². The summed E-state index contributed by atoms with van der Waals surface area (Å²) in [6.45, 7) is 4.59. The topological polar surface area (TPSA) is 94.0 Å². The van der Waals surface area contributed by atoms with Crippen molar-refractivity contribution in [3.05, 3.63) is 5.69 Å². The summed E-state index contributed by atoms with van der Waals surface area (Å²) in [4.78, 5) is 11.5. The van der Waals surface area contributed by atoms with Gasteiger partial charge in [-0.1, -0.05) is 0 Å². The van der Waals surface area contributed by atoms with Crippen molar-refractivity contribution in [3.8, 4) is 0 Å². The molecule has 1 rings (SSSR count). The molecule has 0 atom stereocenters. The Labute approximate surface area is 91.9 Å². The Bertz CT molecular complexity index is 350. The maximum absolute atomic E-state index is 11.5. The summed E-state index contributed by atoms with van der Waals surface area (Å²) in [5.74, 6) is -0.356. The number of carbonyl (C=O) groups is 1. The number of amides is 1. The molecule has 1 amide bonds. The van der Waals surface area contributed by atoms with E-state index in [9.17, 15) is 4.79 Å². The van der Waals surface area contributed by atoms with Crippen molar-refractivity contribution in [2.45, 2.75) is 18.6 Å². The Morgan fingerprint density at radius 2 is 2.27 bits per heavy atom. The number of rotatable bonds is 4. The Hall–Kier alpha value is -1.24. The predicted molar refractivity (Wildman–Crippen MR) is 58.6 cm³/mol.